The maximum Gasteiger partial charge on any atom is 0.253 e. The lowest BCUT2D eigenvalue weighted by atomic mass is 9.77. The van der Waals surface area contributed by atoms with Crippen molar-refractivity contribution in [3.8, 4) is 5.75 Å². The van der Waals surface area contributed by atoms with Gasteiger partial charge in [0.1, 0.15) is 5.75 Å². The number of benzene rings is 2. The van der Waals surface area contributed by atoms with E-state index in [1.807, 2.05) is 17.0 Å². The Balaban J connectivity index is 1.84. The minimum absolute atomic E-state index is 0.0208. The van der Waals surface area contributed by atoms with E-state index in [9.17, 15) is 9.90 Å². The number of carbonyl (C=O) groups is 1. The van der Waals surface area contributed by atoms with Crippen LogP contribution in [-0.4, -0.2) is 42.7 Å². The lowest BCUT2D eigenvalue weighted by Gasteiger charge is -2.30. The molecule has 1 N–H and O–H groups in total. The van der Waals surface area contributed by atoms with Gasteiger partial charge in [0.05, 0.1) is 17.2 Å². The molecule has 1 atom stereocenters. The van der Waals surface area contributed by atoms with Crippen molar-refractivity contribution in [1.82, 2.24) is 4.90 Å². The van der Waals surface area contributed by atoms with Crippen LogP contribution in [0.4, 0.5) is 0 Å². The lowest BCUT2D eigenvalue weighted by molar-refractivity contribution is 0.0779. The number of hydrogen-bond donors (Lipinski definition) is 1. The molecule has 1 saturated heterocycles. The molecule has 2 aromatic carbocycles. The summed E-state index contributed by atoms with van der Waals surface area (Å²) in [4.78, 5) is 14.7. The third-order valence-electron chi connectivity index (χ3n) is 5.10. The quantitative estimate of drug-likeness (QED) is 0.828. The van der Waals surface area contributed by atoms with Gasteiger partial charge in [-0.25, -0.2) is 0 Å². The van der Waals surface area contributed by atoms with Crippen molar-refractivity contribution in [3.63, 3.8) is 0 Å². The number of hydrogen-bond acceptors (Lipinski definition) is 3. The zero-order valence-electron chi connectivity index (χ0n) is 14.5. The first-order valence-electron chi connectivity index (χ1n) is 8.49. The molecule has 6 heteroatoms. The second-order valence-electron chi connectivity index (χ2n) is 6.59. The molecule has 1 amide bonds. The highest BCUT2D eigenvalue weighted by Crippen LogP contribution is 2.40. The van der Waals surface area contributed by atoms with Gasteiger partial charge in [0.25, 0.3) is 5.91 Å². The Kier molecular flexibility index (Phi) is 5.76. The summed E-state index contributed by atoms with van der Waals surface area (Å²) in [7, 11) is 1.60. The normalized spacial score (nSPS) is 19.6. The second-order valence-corrected chi connectivity index (χ2v) is 7.40. The number of amides is 1. The number of nitrogens with zero attached hydrogens (tertiary/aromatic N) is 1. The van der Waals surface area contributed by atoms with Gasteiger partial charge in [-0.15, -0.1) is 0 Å². The number of aliphatic hydroxyl groups excluding tert-OH is 1. The fraction of sp³-hybridized carbons (Fsp3) is 0.350. The Labute approximate surface area is 163 Å². The van der Waals surface area contributed by atoms with Crippen LogP contribution in [0.3, 0.4) is 0 Å². The van der Waals surface area contributed by atoms with Crippen LogP contribution in [0.15, 0.2) is 42.5 Å². The predicted molar refractivity (Wildman–Crippen MR) is 103 cm³/mol. The van der Waals surface area contributed by atoms with Crippen molar-refractivity contribution in [1.29, 1.82) is 0 Å². The Morgan fingerprint density at radius 3 is 2.54 bits per heavy atom. The molecule has 3 rings (SSSR count). The summed E-state index contributed by atoms with van der Waals surface area (Å²) < 4.78 is 5.14. The smallest absolute Gasteiger partial charge is 0.253 e. The van der Waals surface area contributed by atoms with Gasteiger partial charge in [-0.2, -0.15) is 0 Å². The maximum atomic E-state index is 12.9. The standard InChI is InChI=1S/C20H21Cl2NO3/c1-26-16-5-2-14(3-6-16)19(25)23-10-8-20(13-23,9-11-24)15-4-7-17(21)18(22)12-15/h2-7,12,24H,8-11,13H2,1H3/t20-/m1/s1. The number of halogens is 2. The van der Waals surface area contributed by atoms with Crippen LogP contribution in [0.5, 0.6) is 5.75 Å². The predicted octanol–water partition coefficient (Wildman–Crippen LogP) is 4.17. The van der Waals surface area contributed by atoms with E-state index in [2.05, 4.69) is 0 Å². The Bertz CT molecular complexity index is 794. The summed E-state index contributed by atoms with van der Waals surface area (Å²) in [5.74, 6) is 0.695. The van der Waals surface area contributed by atoms with E-state index in [1.54, 1.807) is 37.4 Å². The van der Waals surface area contributed by atoms with Gasteiger partial charge in [-0.05, 0) is 54.8 Å². The van der Waals surface area contributed by atoms with Gasteiger partial charge in [0, 0.05) is 30.7 Å². The summed E-state index contributed by atoms with van der Waals surface area (Å²) in [6, 6.07) is 12.7. The van der Waals surface area contributed by atoms with E-state index in [0.29, 0.717) is 40.9 Å². The van der Waals surface area contributed by atoms with Crippen LogP contribution >= 0.6 is 23.2 Å². The molecule has 1 aliphatic heterocycles. The van der Waals surface area contributed by atoms with Crippen molar-refractivity contribution < 1.29 is 14.6 Å². The Morgan fingerprint density at radius 1 is 1.19 bits per heavy atom. The molecule has 0 aliphatic carbocycles. The largest absolute Gasteiger partial charge is 0.497 e. The molecule has 0 aromatic heterocycles. The molecule has 4 nitrogen and oxygen atoms in total. The Hall–Kier alpha value is -1.75. The van der Waals surface area contributed by atoms with Gasteiger partial charge in [0.15, 0.2) is 0 Å². The highest BCUT2D eigenvalue weighted by Gasteiger charge is 2.41. The average molecular weight is 394 g/mol. The summed E-state index contributed by atoms with van der Waals surface area (Å²) in [6.07, 6.45) is 1.34. The number of ether oxygens (including phenoxy) is 1. The van der Waals surface area contributed by atoms with Gasteiger partial charge < -0.3 is 14.7 Å². The minimum atomic E-state index is -0.314. The molecule has 0 bridgehead atoms. The summed E-state index contributed by atoms with van der Waals surface area (Å²) in [5.41, 5.74) is 1.32. The molecule has 138 valence electrons. The van der Waals surface area contributed by atoms with Crippen molar-refractivity contribution in [2.24, 2.45) is 0 Å². The summed E-state index contributed by atoms with van der Waals surface area (Å²) in [5, 5.41) is 10.6. The molecule has 0 spiro atoms. The van der Waals surface area contributed by atoms with E-state index < -0.39 is 0 Å². The van der Waals surface area contributed by atoms with Gasteiger partial charge in [-0.3, -0.25) is 4.79 Å². The van der Waals surface area contributed by atoms with E-state index in [0.717, 1.165) is 12.0 Å². The Morgan fingerprint density at radius 2 is 1.92 bits per heavy atom. The molecule has 1 aliphatic rings. The van der Waals surface area contributed by atoms with E-state index in [1.165, 1.54) is 0 Å². The molecule has 0 radical (unpaired) electrons. The molecular formula is C20H21Cl2NO3. The fourth-order valence-electron chi connectivity index (χ4n) is 3.59. The topological polar surface area (TPSA) is 49.8 Å². The van der Waals surface area contributed by atoms with Crippen LogP contribution in [0.2, 0.25) is 10.0 Å². The molecular weight excluding hydrogens is 373 g/mol. The molecule has 0 saturated carbocycles. The molecule has 2 aromatic rings. The third kappa shape index (κ3) is 3.68. The minimum Gasteiger partial charge on any atom is -0.497 e. The van der Waals surface area contributed by atoms with Crippen LogP contribution in [0.1, 0.15) is 28.8 Å². The average Bonchev–Trinajstić information content (AvgIpc) is 3.09. The molecule has 26 heavy (non-hydrogen) atoms. The van der Waals surface area contributed by atoms with Crippen LogP contribution in [0.25, 0.3) is 0 Å². The second kappa shape index (κ2) is 7.87. The number of aliphatic hydroxyl groups is 1. The van der Waals surface area contributed by atoms with Crippen LogP contribution < -0.4 is 4.74 Å². The first-order valence-corrected chi connectivity index (χ1v) is 9.24. The monoisotopic (exact) mass is 393 g/mol. The number of methoxy groups -OCH3 is 1. The maximum absolute atomic E-state index is 12.9. The van der Waals surface area contributed by atoms with Crippen molar-refractivity contribution in [3.05, 3.63) is 63.6 Å². The first-order chi connectivity index (χ1) is 12.5. The SMILES string of the molecule is COc1ccc(C(=O)N2CC[C@](CCO)(c3ccc(Cl)c(Cl)c3)C2)cc1. The van der Waals surface area contributed by atoms with Crippen LogP contribution in [0, 0.1) is 0 Å². The van der Waals surface area contributed by atoms with Gasteiger partial charge in [0.2, 0.25) is 0 Å². The number of rotatable bonds is 5. The van der Waals surface area contributed by atoms with E-state index in [-0.39, 0.29) is 17.9 Å². The van der Waals surface area contributed by atoms with E-state index >= 15 is 0 Å². The highest BCUT2D eigenvalue weighted by molar-refractivity contribution is 6.42. The molecule has 1 fully saturated rings. The zero-order valence-corrected chi connectivity index (χ0v) is 16.1. The lowest BCUT2D eigenvalue weighted by Crippen LogP contribution is -2.35. The summed E-state index contributed by atoms with van der Waals surface area (Å²) >= 11 is 12.2. The van der Waals surface area contributed by atoms with E-state index in [4.69, 9.17) is 27.9 Å². The van der Waals surface area contributed by atoms with Gasteiger partial charge >= 0.3 is 0 Å². The van der Waals surface area contributed by atoms with Gasteiger partial charge in [-0.1, -0.05) is 29.3 Å². The molecule has 1 heterocycles. The number of carbonyl (C=O) groups excluding carboxylic acids is 1. The van der Waals surface area contributed by atoms with Crippen molar-refractivity contribution in [2.45, 2.75) is 18.3 Å². The van der Waals surface area contributed by atoms with Crippen molar-refractivity contribution >= 4 is 29.1 Å². The molecule has 0 unspecified atom stereocenters. The summed E-state index contributed by atoms with van der Waals surface area (Å²) in [6.45, 7) is 1.21. The third-order valence-corrected chi connectivity index (χ3v) is 5.84. The van der Waals surface area contributed by atoms with Crippen LogP contribution in [-0.2, 0) is 5.41 Å². The number of likely N-dealkylation sites (tertiary alicyclic amines) is 1. The first kappa shape index (κ1) is 19.0. The van der Waals surface area contributed by atoms with Crippen molar-refractivity contribution in [2.75, 3.05) is 26.8 Å². The highest BCUT2D eigenvalue weighted by atomic mass is 35.5. The zero-order chi connectivity index (χ0) is 18.7. The fourth-order valence-corrected chi connectivity index (χ4v) is 3.88.